The van der Waals surface area contributed by atoms with Crippen LogP contribution in [0.25, 0.3) is 20.8 Å². The molecule has 90 valence electrons. The number of benzene rings is 1. The van der Waals surface area contributed by atoms with Crippen LogP contribution >= 0.6 is 11.3 Å². The summed E-state index contributed by atoms with van der Waals surface area (Å²) < 4.78 is 26.9. The molecule has 0 aliphatic heterocycles. The lowest BCUT2D eigenvalue weighted by Gasteiger charge is -1.96. The number of halogens is 2. The van der Waals surface area contributed by atoms with Gasteiger partial charge in [0.05, 0.1) is 10.2 Å². The normalized spacial score (nSPS) is 11.0. The Morgan fingerprint density at radius 1 is 1.11 bits per heavy atom. The summed E-state index contributed by atoms with van der Waals surface area (Å²) in [5, 5.41) is 0.608. The van der Waals surface area contributed by atoms with E-state index in [4.69, 9.17) is 5.73 Å². The summed E-state index contributed by atoms with van der Waals surface area (Å²) in [5.74, 6) is -1.38. The standard InChI is InChI=1S/C12H7F2N3S/c13-7-2-1-6(3-8(7)14)12-17-9-4-11(15)16-5-10(9)18-12/h1-5H,(H2,15,16). The number of nitrogen functional groups attached to an aromatic ring is 1. The number of hydrogen-bond donors (Lipinski definition) is 1. The van der Waals surface area contributed by atoms with Gasteiger partial charge in [0, 0.05) is 17.8 Å². The van der Waals surface area contributed by atoms with Gasteiger partial charge >= 0.3 is 0 Å². The van der Waals surface area contributed by atoms with Crippen LogP contribution in [0.3, 0.4) is 0 Å². The summed E-state index contributed by atoms with van der Waals surface area (Å²) in [6.07, 6.45) is 1.62. The molecule has 1 aromatic carbocycles. The molecule has 0 aliphatic rings. The molecular formula is C12H7F2N3S. The van der Waals surface area contributed by atoms with Crippen LogP contribution in [0, 0.1) is 11.6 Å². The molecule has 0 fully saturated rings. The molecule has 0 unspecified atom stereocenters. The Morgan fingerprint density at radius 2 is 1.94 bits per heavy atom. The zero-order valence-electron chi connectivity index (χ0n) is 9.02. The molecule has 6 heteroatoms. The molecule has 2 heterocycles. The lowest BCUT2D eigenvalue weighted by atomic mass is 10.2. The first-order chi connectivity index (χ1) is 8.63. The quantitative estimate of drug-likeness (QED) is 0.733. The van der Waals surface area contributed by atoms with Crippen LogP contribution in [0.5, 0.6) is 0 Å². The second kappa shape index (κ2) is 3.99. The number of nitrogens with zero attached hydrogens (tertiary/aromatic N) is 2. The maximum atomic E-state index is 13.2. The van der Waals surface area contributed by atoms with E-state index < -0.39 is 11.6 Å². The van der Waals surface area contributed by atoms with E-state index >= 15 is 0 Å². The Bertz CT molecular complexity index is 739. The Morgan fingerprint density at radius 3 is 2.72 bits per heavy atom. The largest absolute Gasteiger partial charge is 0.384 e. The fraction of sp³-hybridized carbons (Fsp3) is 0. The lowest BCUT2D eigenvalue weighted by Crippen LogP contribution is -1.87. The Balaban J connectivity index is 2.16. The van der Waals surface area contributed by atoms with Crippen molar-refractivity contribution in [3.8, 4) is 10.6 Å². The molecule has 0 saturated heterocycles. The zero-order valence-corrected chi connectivity index (χ0v) is 9.84. The molecule has 0 radical (unpaired) electrons. The maximum Gasteiger partial charge on any atom is 0.159 e. The van der Waals surface area contributed by atoms with Crippen LogP contribution in [-0.4, -0.2) is 9.97 Å². The molecule has 2 N–H and O–H groups in total. The minimum atomic E-state index is -0.885. The summed E-state index contributed by atoms with van der Waals surface area (Å²) >= 11 is 1.36. The van der Waals surface area contributed by atoms with Gasteiger partial charge in [0.15, 0.2) is 11.6 Å². The predicted octanol–water partition coefficient (Wildman–Crippen LogP) is 3.22. The van der Waals surface area contributed by atoms with E-state index in [-0.39, 0.29) is 0 Å². The van der Waals surface area contributed by atoms with E-state index in [0.29, 0.717) is 21.9 Å². The molecule has 3 rings (SSSR count). The van der Waals surface area contributed by atoms with Crippen LogP contribution in [0.4, 0.5) is 14.6 Å². The average molecular weight is 263 g/mol. The Kier molecular flexibility index (Phi) is 2.45. The molecular weight excluding hydrogens is 256 g/mol. The lowest BCUT2D eigenvalue weighted by molar-refractivity contribution is 0.509. The molecule has 0 bridgehead atoms. The van der Waals surface area contributed by atoms with Crippen molar-refractivity contribution in [3.63, 3.8) is 0 Å². The van der Waals surface area contributed by atoms with Crippen molar-refractivity contribution in [1.82, 2.24) is 9.97 Å². The van der Waals surface area contributed by atoms with E-state index in [0.717, 1.165) is 16.8 Å². The SMILES string of the molecule is Nc1cc2nc(-c3ccc(F)c(F)c3)sc2cn1. The molecule has 0 spiro atoms. The van der Waals surface area contributed by atoms with E-state index in [1.807, 2.05) is 0 Å². The molecule has 2 aromatic heterocycles. The summed E-state index contributed by atoms with van der Waals surface area (Å²) in [7, 11) is 0. The Labute approximate surface area is 105 Å². The van der Waals surface area contributed by atoms with E-state index in [1.54, 1.807) is 12.3 Å². The first-order valence-corrected chi connectivity index (χ1v) is 5.92. The minimum absolute atomic E-state index is 0.379. The fourth-order valence-corrected chi connectivity index (χ4v) is 2.51. The van der Waals surface area contributed by atoms with Crippen molar-refractivity contribution in [2.24, 2.45) is 0 Å². The highest BCUT2D eigenvalue weighted by Crippen LogP contribution is 2.30. The van der Waals surface area contributed by atoms with Gasteiger partial charge < -0.3 is 5.73 Å². The first-order valence-electron chi connectivity index (χ1n) is 5.11. The molecule has 0 aliphatic carbocycles. The third-order valence-electron chi connectivity index (χ3n) is 2.46. The smallest absolute Gasteiger partial charge is 0.159 e. The van der Waals surface area contributed by atoms with Crippen molar-refractivity contribution >= 4 is 27.4 Å². The summed E-state index contributed by atoms with van der Waals surface area (Å²) in [5.41, 5.74) is 6.80. The molecule has 3 aromatic rings. The van der Waals surface area contributed by atoms with Crippen molar-refractivity contribution in [2.45, 2.75) is 0 Å². The number of rotatable bonds is 1. The second-order valence-electron chi connectivity index (χ2n) is 3.72. The van der Waals surface area contributed by atoms with E-state index in [2.05, 4.69) is 9.97 Å². The van der Waals surface area contributed by atoms with Crippen molar-refractivity contribution < 1.29 is 8.78 Å². The van der Waals surface area contributed by atoms with Crippen LogP contribution < -0.4 is 5.73 Å². The van der Waals surface area contributed by atoms with Gasteiger partial charge in [-0.15, -0.1) is 11.3 Å². The van der Waals surface area contributed by atoms with Gasteiger partial charge in [-0.05, 0) is 18.2 Å². The number of hydrogen-bond acceptors (Lipinski definition) is 4. The Hall–Kier alpha value is -2.08. The molecule has 0 saturated carbocycles. The fourth-order valence-electron chi connectivity index (χ4n) is 1.60. The number of aromatic nitrogens is 2. The van der Waals surface area contributed by atoms with Crippen LogP contribution in [0.1, 0.15) is 0 Å². The summed E-state index contributed by atoms with van der Waals surface area (Å²) in [6.45, 7) is 0. The van der Waals surface area contributed by atoms with Gasteiger partial charge in [-0.3, -0.25) is 0 Å². The molecule has 0 atom stereocenters. The molecule has 3 nitrogen and oxygen atoms in total. The van der Waals surface area contributed by atoms with Crippen molar-refractivity contribution in [3.05, 3.63) is 42.1 Å². The summed E-state index contributed by atoms with van der Waals surface area (Å²) in [4.78, 5) is 8.28. The average Bonchev–Trinajstić information content (AvgIpc) is 2.75. The van der Waals surface area contributed by atoms with Gasteiger partial charge in [0.2, 0.25) is 0 Å². The summed E-state index contributed by atoms with van der Waals surface area (Å²) in [6, 6.07) is 5.36. The van der Waals surface area contributed by atoms with Gasteiger partial charge in [-0.2, -0.15) is 0 Å². The molecule has 18 heavy (non-hydrogen) atoms. The van der Waals surface area contributed by atoms with Crippen molar-refractivity contribution in [2.75, 3.05) is 5.73 Å². The van der Waals surface area contributed by atoms with Gasteiger partial charge in [-0.25, -0.2) is 18.7 Å². The topological polar surface area (TPSA) is 51.8 Å². The van der Waals surface area contributed by atoms with Gasteiger partial charge in [0.1, 0.15) is 10.8 Å². The predicted molar refractivity (Wildman–Crippen MR) is 67.2 cm³/mol. The first kappa shape index (κ1) is 11.0. The third kappa shape index (κ3) is 1.80. The van der Waals surface area contributed by atoms with Gasteiger partial charge in [0.25, 0.3) is 0 Å². The van der Waals surface area contributed by atoms with E-state index in [9.17, 15) is 8.78 Å². The van der Waals surface area contributed by atoms with Crippen LogP contribution in [-0.2, 0) is 0 Å². The highest BCUT2D eigenvalue weighted by atomic mass is 32.1. The monoisotopic (exact) mass is 263 g/mol. The number of anilines is 1. The number of thiazole rings is 1. The van der Waals surface area contributed by atoms with Crippen LogP contribution in [0.2, 0.25) is 0 Å². The second-order valence-corrected chi connectivity index (χ2v) is 4.76. The van der Waals surface area contributed by atoms with Crippen LogP contribution in [0.15, 0.2) is 30.5 Å². The van der Waals surface area contributed by atoms with Gasteiger partial charge in [-0.1, -0.05) is 0 Å². The molecule has 0 amide bonds. The number of pyridine rings is 1. The zero-order chi connectivity index (χ0) is 12.7. The van der Waals surface area contributed by atoms with Crippen molar-refractivity contribution in [1.29, 1.82) is 0 Å². The maximum absolute atomic E-state index is 13.2. The number of fused-ring (bicyclic) bond motifs is 1. The number of nitrogens with two attached hydrogens (primary N) is 1. The highest BCUT2D eigenvalue weighted by Gasteiger charge is 2.09. The minimum Gasteiger partial charge on any atom is -0.384 e. The third-order valence-corrected chi connectivity index (χ3v) is 3.52. The highest BCUT2D eigenvalue weighted by molar-refractivity contribution is 7.21. The van der Waals surface area contributed by atoms with E-state index in [1.165, 1.54) is 17.4 Å².